The molecule has 0 spiro atoms. The van der Waals surface area contributed by atoms with Crippen molar-refractivity contribution in [2.45, 2.75) is 0 Å². The molecule has 0 aromatic heterocycles. The minimum absolute atomic E-state index is 0. The van der Waals surface area contributed by atoms with E-state index < -0.39 is 0 Å². The fourth-order valence-corrected chi connectivity index (χ4v) is 0. The van der Waals surface area contributed by atoms with E-state index in [2.05, 4.69) is 0 Å². The van der Waals surface area contributed by atoms with Gasteiger partial charge in [0, 0.05) is 97.1 Å². The van der Waals surface area contributed by atoms with Gasteiger partial charge >= 0.3 is 0 Å². The van der Waals surface area contributed by atoms with Crippen LogP contribution in [0.2, 0.25) is 0 Å². The standard InChI is InChI=1S/B.Ce.Mg.Sn. The van der Waals surface area contributed by atoms with Gasteiger partial charge in [-0.15, -0.1) is 0 Å². The van der Waals surface area contributed by atoms with Crippen LogP contribution in [-0.2, 0) is 0 Å². The summed E-state index contributed by atoms with van der Waals surface area (Å²) in [5, 5.41) is 0. The third kappa shape index (κ3) is 8.89. The minimum atomic E-state index is 0. The molecule has 0 saturated carbocycles. The maximum Gasteiger partial charge on any atom is 0 e. The largest absolute Gasteiger partial charge is 0 e. The van der Waals surface area contributed by atoms with Crippen molar-refractivity contribution in [3.63, 3.8) is 0 Å². The second-order valence-electron chi connectivity index (χ2n) is 0. The Bertz CT molecular complexity index is 8.00. The minimum Gasteiger partial charge on any atom is 0 e. The quantitative estimate of drug-likeness (QED) is 0.495. The van der Waals surface area contributed by atoms with E-state index in [1.54, 1.807) is 0 Å². The normalized spacial score (nSPS) is 0. The summed E-state index contributed by atoms with van der Waals surface area (Å²) >= 11 is 0. The summed E-state index contributed by atoms with van der Waals surface area (Å²) in [6.45, 7) is 0. The first-order valence-corrected chi connectivity index (χ1v) is 0. The molecule has 0 bridgehead atoms. The first-order valence-electron chi connectivity index (χ1n) is 0. The molecule has 4 heteroatoms. The van der Waals surface area contributed by atoms with Crippen LogP contribution >= 0.6 is 0 Å². The summed E-state index contributed by atoms with van der Waals surface area (Å²) in [6.07, 6.45) is 0. The molecule has 9 radical (unpaired) electrons. The predicted octanol–water partition coefficient (Wildman–Crippen LogP) is -1.14. The SMILES string of the molecule is [B].[Ce].[Mg].[Sn]. The van der Waals surface area contributed by atoms with Gasteiger partial charge in [-0.2, -0.15) is 0 Å². The van der Waals surface area contributed by atoms with Gasteiger partial charge in [0.05, 0.1) is 0 Å². The average molecular weight is 294 g/mol. The predicted molar refractivity (Wildman–Crippen MR) is 17.3 cm³/mol. The Morgan fingerprint density at radius 2 is 1.00 bits per heavy atom. The van der Waals surface area contributed by atoms with Crippen LogP contribution in [-0.4, -0.2) is 55.4 Å². The van der Waals surface area contributed by atoms with Gasteiger partial charge in [-0.1, -0.05) is 0 Å². The first-order chi connectivity index (χ1) is 0. The smallest absolute Gasteiger partial charge is 0 e. The van der Waals surface area contributed by atoms with E-state index >= 15 is 0 Å². The zero-order valence-corrected chi connectivity index (χ0v) is 9.69. The number of hydrogen-bond acceptors (Lipinski definition) is 0. The summed E-state index contributed by atoms with van der Waals surface area (Å²) in [5.41, 5.74) is 0. The molecule has 0 rings (SSSR count). The van der Waals surface area contributed by atoms with Crippen molar-refractivity contribution in [3.05, 3.63) is 0 Å². The van der Waals surface area contributed by atoms with Crippen LogP contribution in [0.15, 0.2) is 0 Å². The van der Waals surface area contributed by atoms with Crippen LogP contribution in [0, 0.1) is 41.7 Å². The van der Waals surface area contributed by atoms with Crippen molar-refractivity contribution >= 4 is 55.4 Å². The molecule has 0 aromatic rings. The number of hydrogen-bond donors (Lipinski definition) is 0. The molecule has 13 valence electrons. The molecule has 0 unspecified atom stereocenters. The topological polar surface area (TPSA) is 0 Å². The van der Waals surface area contributed by atoms with Gasteiger partial charge in [0.25, 0.3) is 0 Å². The van der Waals surface area contributed by atoms with Crippen molar-refractivity contribution in [3.8, 4) is 0 Å². The molecular weight excluding hydrogens is 294 g/mol. The summed E-state index contributed by atoms with van der Waals surface area (Å²) in [7, 11) is 0. The third-order valence-corrected chi connectivity index (χ3v) is 0. The van der Waals surface area contributed by atoms with Crippen LogP contribution in [0.5, 0.6) is 0 Å². The van der Waals surface area contributed by atoms with Crippen molar-refractivity contribution in [2.24, 2.45) is 0 Å². The van der Waals surface area contributed by atoms with E-state index in [1.807, 2.05) is 0 Å². The third-order valence-electron chi connectivity index (χ3n) is 0. The van der Waals surface area contributed by atoms with Crippen LogP contribution < -0.4 is 0 Å². The zero-order valence-electron chi connectivity index (χ0n) is 2.28. The molecule has 0 heterocycles. The molecule has 0 N–H and O–H groups in total. The molecule has 0 nitrogen and oxygen atoms in total. The molecule has 0 aliphatic rings. The van der Waals surface area contributed by atoms with Crippen molar-refractivity contribution in [1.29, 1.82) is 0 Å². The maximum absolute atomic E-state index is 0. The van der Waals surface area contributed by atoms with E-state index in [0.29, 0.717) is 0 Å². The molecule has 0 saturated heterocycles. The van der Waals surface area contributed by atoms with Gasteiger partial charge in [-0.25, -0.2) is 0 Å². The number of rotatable bonds is 0. The van der Waals surface area contributed by atoms with Crippen LogP contribution in [0.1, 0.15) is 0 Å². The monoisotopic (exact) mass is 295 g/mol. The maximum atomic E-state index is 0. The molecule has 4 heavy (non-hydrogen) atoms. The van der Waals surface area contributed by atoms with Crippen LogP contribution in [0.3, 0.4) is 0 Å². The van der Waals surface area contributed by atoms with E-state index in [9.17, 15) is 0 Å². The van der Waals surface area contributed by atoms with Gasteiger partial charge < -0.3 is 0 Å². The fraction of sp³-hybridized carbons (Fsp3) is 0. The fourth-order valence-electron chi connectivity index (χ4n) is 0. The summed E-state index contributed by atoms with van der Waals surface area (Å²) in [5.74, 6) is 0. The van der Waals surface area contributed by atoms with Crippen LogP contribution in [0.4, 0.5) is 0 Å². The van der Waals surface area contributed by atoms with Gasteiger partial charge in [0.15, 0.2) is 0 Å². The van der Waals surface area contributed by atoms with Crippen LogP contribution in [0.25, 0.3) is 0 Å². The molecule has 0 atom stereocenters. The van der Waals surface area contributed by atoms with E-state index in [1.165, 1.54) is 0 Å². The van der Waals surface area contributed by atoms with Gasteiger partial charge in [-0.3, -0.25) is 0 Å². The van der Waals surface area contributed by atoms with E-state index in [0.717, 1.165) is 0 Å². The molecule has 0 aliphatic carbocycles. The van der Waals surface area contributed by atoms with Crippen molar-refractivity contribution in [1.82, 2.24) is 0 Å². The van der Waals surface area contributed by atoms with E-state index in [4.69, 9.17) is 0 Å². The second kappa shape index (κ2) is 16.7. The molecule has 0 fully saturated rings. The van der Waals surface area contributed by atoms with Crippen molar-refractivity contribution < 1.29 is 41.7 Å². The zero-order chi connectivity index (χ0) is 0. The summed E-state index contributed by atoms with van der Waals surface area (Å²) in [4.78, 5) is 0. The molecular formula is BCeMgSn. The Kier molecular flexibility index (Phi) is 116. The Morgan fingerprint density at radius 1 is 1.00 bits per heavy atom. The Labute approximate surface area is 94.9 Å². The molecule has 0 aliphatic heterocycles. The summed E-state index contributed by atoms with van der Waals surface area (Å²) < 4.78 is 0. The Morgan fingerprint density at radius 3 is 1.00 bits per heavy atom. The first kappa shape index (κ1) is 28.0. The average Bonchev–Trinajstić information content (AvgIpc) is 0. The summed E-state index contributed by atoms with van der Waals surface area (Å²) in [6, 6.07) is 0. The van der Waals surface area contributed by atoms with E-state index in [-0.39, 0.29) is 97.1 Å². The van der Waals surface area contributed by atoms with Gasteiger partial charge in [-0.05, 0) is 0 Å². The second-order valence-corrected chi connectivity index (χ2v) is 0. The Balaban J connectivity index is 0. The molecule has 0 amide bonds. The van der Waals surface area contributed by atoms with Gasteiger partial charge in [0.1, 0.15) is 0 Å². The Hall–Kier alpha value is 3.01. The van der Waals surface area contributed by atoms with Gasteiger partial charge in [0.2, 0.25) is 0 Å². The van der Waals surface area contributed by atoms with Crippen molar-refractivity contribution in [2.75, 3.05) is 0 Å². The molecule has 0 aromatic carbocycles.